The molecule has 0 unspecified atom stereocenters. The molecule has 4 heteroatoms. The second-order valence-electron chi connectivity index (χ2n) is 2.95. The molecule has 0 spiro atoms. The maximum Gasteiger partial charge on any atom is 0.338 e. The molecule has 2 radical (unpaired) electrons. The molecule has 0 fully saturated rings. The Labute approximate surface area is 83.5 Å². The summed E-state index contributed by atoms with van der Waals surface area (Å²) in [7, 11) is 6.69. The van der Waals surface area contributed by atoms with Gasteiger partial charge in [0.2, 0.25) is 0 Å². The van der Waals surface area contributed by atoms with Gasteiger partial charge in [0.1, 0.15) is 5.82 Å². The molecule has 0 aliphatic carbocycles. The summed E-state index contributed by atoms with van der Waals surface area (Å²) in [5.41, 5.74) is 1.36. The first-order chi connectivity index (χ1) is 6.60. The Morgan fingerprint density at radius 1 is 1.57 bits per heavy atom. The van der Waals surface area contributed by atoms with Crippen LogP contribution in [0.25, 0.3) is 0 Å². The van der Waals surface area contributed by atoms with E-state index in [2.05, 4.69) is 4.74 Å². The number of benzene rings is 1. The van der Waals surface area contributed by atoms with Crippen LogP contribution in [0.5, 0.6) is 0 Å². The van der Waals surface area contributed by atoms with Gasteiger partial charge in [-0.1, -0.05) is 6.32 Å². The molecule has 14 heavy (non-hydrogen) atoms. The van der Waals surface area contributed by atoms with Crippen molar-refractivity contribution in [3.63, 3.8) is 0 Å². The fourth-order valence-electron chi connectivity index (χ4n) is 1.37. The van der Waals surface area contributed by atoms with Gasteiger partial charge in [0.05, 0.1) is 20.5 Å². The summed E-state index contributed by atoms with van der Waals surface area (Å²) < 4.78 is 17.5. The van der Waals surface area contributed by atoms with Crippen molar-refractivity contribution < 1.29 is 13.9 Å². The van der Waals surface area contributed by atoms with Crippen LogP contribution in [0.15, 0.2) is 12.1 Å². The Hall–Kier alpha value is -1.32. The molecular formula is C10H10BFO2. The molecule has 2 nitrogen and oxygen atoms in total. The lowest BCUT2D eigenvalue weighted by molar-refractivity contribution is 0.0599. The number of aryl methyl sites for hydroxylation is 1. The monoisotopic (exact) mass is 192 g/mol. The fourth-order valence-corrected chi connectivity index (χ4v) is 1.37. The van der Waals surface area contributed by atoms with Gasteiger partial charge < -0.3 is 4.74 Å². The van der Waals surface area contributed by atoms with Crippen LogP contribution in [0.4, 0.5) is 4.39 Å². The van der Waals surface area contributed by atoms with E-state index in [1.54, 1.807) is 6.92 Å². The first-order valence-electron chi connectivity index (χ1n) is 4.17. The van der Waals surface area contributed by atoms with Crippen LogP contribution >= 0.6 is 0 Å². The minimum atomic E-state index is -0.483. The van der Waals surface area contributed by atoms with E-state index in [-0.39, 0.29) is 6.32 Å². The zero-order valence-electron chi connectivity index (χ0n) is 8.13. The third-order valence-corrected chi connectivity index (χ3v) is 1.99. The average molecular weight is 192 g/mol. The Kier molecular flexibility index (Phi) is 3.28. The van der Waals surface area contributed by atoms with Crippen molar-refractivity contribution in [2.24, 2.45) is 0 Å². The fraction of sp³-hybridized carbons (Fsp3) is 0.300. The standard InChI is InChI=1S/C10H10BFO2/c1-6-3-8(12)4-7(5-11)9(6)10(13)14-2/h3-4H,5H2,1-2H3. The maximum absolute atomic E-state index is 13.0. The van der Waals surface area contributed by atoms with Crippen molar-refractivity contribution in [1.82, 2.24) is 0 Å². The molecule has 72 valence electrons. The third-order valence-electron chi connectivity index (χ3n) is 1.99. The van der Waals surface area contributed by atoms with Crippen LogP contribution in [-0.2, 0) is 11.1 Å². The molecule has 0 aliphatic heterocycles. The molecule has 0 atom stereocenters. The first-order valence-corrected chi connectivity index (χ1v) is 4.17. The van der Waals surface area contributed by atoms with E-state index in [0.29, 0.717) is 16.7 Å². The highest BCUT2D eigenvalue weighted by atomic mass is 19.1. The maximum atomic E-state index is 13.0. The van der Waals surface area contributed by atoms with Gasteiger partial charge in [0.15, 0.2) is 0 Å². The lowest BCUT2D eigenvalue weighted by Crippen LogP contribution is -2.09. The third kappa shape index (κ3) is 1.95. The number of halogens is 1. The lowest BCUT2D eigenvalue weighted by atomic mass is 9.90. The van der Waals surface area contributed by atoms with E-state index in [0.717, 1.165) is 0 Å². The number of carbonyl (C=O) groups is 1. The van der Waals surface area contributed by atoms with E-state index < -0.39 is 11.8 Å². The second kappa shape index (κ2) is 4.27. The molecule has 0 bridgehead atoms. The zero-order chi connectivity index (χ0) is 10.7. The molecule has 0 saturated carbocycles. The van der Waals surface area contributed by atoms with Crippen molar-refractivity contribution in [3.05, 3.63) is 34.6 Å². The number of rotatable bonds is 2. The Morgan fingerprint density at radius 2 is 2.21 bits per heavy atom. The molecule has 0 amide bonds. The van der Waals surface area contributed by atoms with Crippen LogP contribution in [-0.4, -0.2) is 20.9 Å². The topological polar surface area (TPSA) is 26.3 Å². The van der Waals surface area contributed by atoms with Gasteiger partial charge in [0, 0.05) is 0 Å². The first kappa shape index (κ1) is 10.8. The summed E-state index contributed by atoms with van der Waals surface area (Å²) in [5.74, 6) is -0.876. The predicted molar refractivity (Wildman–Crippen MR) is 51.9 cm³/mol. The Morgan fingerprint density at radius 3 is 2.71 bits per heavy atom. The van der Waals surface area contributed by atoms with Gasteiger partial charge in [-0.3, -0.25) is 0 Å². The van der Waals surface area contributed by atoms with Crippen LogP contribution in [0.2, 0.25) is 0 Å². The van der Waals surface area contributed by atoms with Crippen molar-refractivity contribution in [2.75, 3.05) is 7.11 Å². The van der Waals surface area contributed by atoms with Gasteiger partial charge in [-0.05, 0) is 30.2 Å². The normalized spacial score (nSPS) is 9.93. The highest BCUT2D eigenvalue weighted by Gasteiger charge is 2.14. The zero-order valence-corrected chi connectivity index (χ0v) is 8.13. The number of esters is 1. The van der Waals surface area contributed by atoms with Gasteiger partial charge in [-0.25, -0.2) is 9.18 Å². The molecule has 0 heterocycles. The summed E-state index contributed by atoms with van der Waals surface area (Å²) in [6.45, 7) is 1.65. The summed E-state index contributed by atoms with van der Waals surface area (Å²) in [5, 5.41) is 0. The summed E-state index contributed by atoms with van der Waals surface area (Å²) in [6, 6.07) is 2.53. The van der Waals surface area contributed by atoms with Gasteiger partial charge in [-0.15, -0.1) is 0 Å². The molecule has 0 aliphatic rings. The van der Waals surface area contributed by atoms with E-state index >= 15 is 0 Å². The molecule has 1 aromatic rings. The number of ether oxygens (including phenoxy) is 1. The average Bonchev–Trinajstić information content (AvgIpc) is 2.15. The van der Waals surface area contributed by atoms with Crippen LogP contribution in [0.3, 0.4) is 0 Å². The lowest BCUT2D eigenvalue weighted by Gasteiger charge is -2.09. The van der Waals surface area contributed by atoms with Gasteiger partial charge in [-0.2, -0.15) is 0 Å². The Bertz CT molecular complexity index is 363. The van der Waals surface area contributed by atoms with E-state index in [9.17, 15) is 9.18 Å². The number of methoxy groups -OCH3 is 1. The number of hydrogen-bond acceptors (Lipinski definition) is 2. The highest BCUT2D eigenvalue weighted by molar-refractivity contribution is 6.09. The molecule has 0 saturated heterocycles. The Balaban J connectivity index is 3.32. The van der Waals surface area contributed by atoms with E-state index in [4.69, 9.17) is 7.85 Å². The SMILES string of the molecule is [B]Cc1cc(F)cc(C)c1C(=O)OC. The summed E-state index contributed by atoms with van der Waals surface area (Å²) in [6.07, 6.45) is 0.114. The highest BCUT2D eigenvalue weighted by Crippen LogP contribution is 2.17. The second-order valence-corrected chi connectivity index (χ2v) is 2.95. The minimum absolute atomic E-state index is 0.114. The molecule has 0 N–H and O–H groups in total. The van der Waals surface area contributed by atoms with Crippen LogP contribution < -0.4 is 0 Å². The van der Waals surface area contributed by atoms with Crippen LogP contribution in [0.1, 0.15) is 21.5 Å². The summed E-state index contributed by atoms with van der Waals surface area (Å²) in [4.78, 5) is 11.3. The number of carbonyl (C=O) groups excluding carboxylic acids is 1. The van der Waals surface area contributed by atoms with Crippen LogP contribution in [0, 0.1) is 12.7 Å². The van der Waals surface area contributed by atoms with Gasteiger partial charge >= 0.3 is 5.97 Å². The molecule has 0 aromatic heterocycles. The van der Waals surface area contributed by atoms with Crippen molar-refractivity contribution in [3.8, 4) is 0 Å². The summed E-state index contributed by atoms with van der Waals surface area (Å²) >= 11 is 0. The predicted octanol–water partition coefficient (Wildman–Crippen LogP) is 1.59. The van der Waals surface area contributed by atoms with Crippen molar-refractivity contribution in [1.29, 1.82) is 0 Å². The quantitative estimate of drug-likeness (QED) is 0.525. The molecular weight excluding hydrogens is 182 g/mol. The largest absolute Gasteiger partial charge is 0.465 e. The molecule has 1 rings (SSSR count). The van der Waals surface area contributed by atoms with Crippen molar-refractivity contribution >= 4 is 13.8 Å². The van der Waals surface area contributed by atoms with E-state index in [1.807, 2.05) is 0 Å². The van der Waals surface area contributed by atoms with E-state index in [1.165, 1.54) is 19.2 Å². The van der Waals surface area contributed by atoms with Gasteiger partial charge in [0.25, 0.3) is 0 Å². The molecule has 1 aromatic carbocycles. The smallest absolute Gasteiger partial charge is 0.338 e. The number of hydrogen-bond donors (Lipinski definition) is 0. The van der Waals surface area contributed by atoms with Crippen molar-refractivity contribution in [2.45, 2.75) is 13.2 Å². The minimum Gasteiger partial charge on any atom is -0.465 e.